The van der Waals surface area contributed by atoms with Crippen molar-refractivity contribution in [3.63, 3.8) is 0 Å². The van der Waals surface area contributed by atoms with Crippen molar-refractivity contribution < 1.29 is 19.5 Å². The van der Waals surface area contributed by atoms with Gasteiger partial charge in [-0.2, -0.15) is 0 Å². The molecule has 3 amide bonds. The van der Waals surface area contributed by atoms with Crippen LogP contribution in [0.3, 0.4) is 0 Å². The lowest BCUT2D eigenvalue weighted by atomic mass is 9.99. The Bertz CT molecular complexity index is 1520. The molecule has 1 saturated heterocycles. The van der Waals surface area contributed by atoms with Crippen molar-refractivity contribution in [2.75, 3.05) is 6.54 Å². The minimum atomic E-state index is -1.50. The van der Waals surface area contributed by atoms with Gasteiger partial charge in [0.2, 0.25) is 5.91 Å². The molecule has 2 aromatic carbocycles. The second-order valence-corrected chi connectivity index (χ2v) is 11.3. The molecule has 1 aliphatic carbocycles. The molecule has 0 bridgehead atoms. The van der Waals surface area contributed by atoms with Gasteiger partial charge in [0, 0.05) is 36.4 Å². The smallest absolute Gasteiger partial charge is 0.271 e. The number of nitrogens with zero attached hydrogens (tertiary/aromatic N) is 2. The van der Waals surface area contributed by atoms with Crippen molar-refractivity contribution in [2.24, 2.45) is 5.41 Å². The first-order valence-electron chi connectivity index (χ1n) is 14.0. The van der Waals surface area contributed by atoms with Crippen LogP contribution in [0.15, 0.2) is 85.2 Å². The molecule has 1 aliphatic heterocycles. The SMILES string of the molecule is O=C(NCc1ccccc1)C(O)[C@H](Cc1cccnc1)NC(=O)[C@@H]1CC2(CC2)CN1C(=O)c1cc2ccccc2[nH]1. The number of H-pyrrole nitrogens is 1. The number of carbonyl (C=O) groups excluding carboxylic acids is 3. The van der Waals surface area contributed by atoms with Crippen LogP contribution in [0, 0.1) is 5.41 Å². The molecule has 3 atom stereocenters. The summed E-state index contributed by atoms with van der Waals surface area (Å²) in [6, 6.07) is 20.9. The van der Waals surface area contributed by atoms with Crippen LogP contribution in [0.5, 0.6) is 0 Å². The highest BCUT2D eigenvalue weighted by atomic mass is 16.3. The van der Waals surface area contributed by atoms with E-state index in [0.29, 0.717) is 18.7 Å². The third kappa shape index (κ3) is 5.85. The normalized spacial score (nSPS) is 18.7. The number of aliphatic hydroxyl groups is 1. The average molecular weight is 552 g/mol. The zero-order valence-corrected chi connectivity index (χ0v) is 22.6. The number of benzene rings is 2. The molecule has 1 spiro atoms. The molecule has 2 aromatic heterocycles. The summed E-state index contributed by atoms with van der Waals surface area (Å²) < 4.78 is 0. The number of aliphatic hydroxyl groups excluding tert-OH is 1. The summed E-state index contributed by atoms with van der Waals surface area (Å²) in [6.45, 7) is 0.759. The molecule has 3 heterocycles. The Morgan fingerprint density at radius 2 is 1.78 bits per heavy atom. The number of rotatable bonds is 9. The van der Waals surface area contributed by atoms with Gasteiger partial charge < -0.3 is 25.6 Å². The Labute approximate surface area is 238 Å². The van der Waals surface area contributed by atoms with E-state index in [0.717, 1.165) is 34.9 Å². The molecule has 4 N–H and O–H groups in total. The predicted molar refractivity (Wildman–Crippen MR) is 154 cm³/mol. The van der Waals surface area contributed by atoms with Crippen molar-refractivity contribution >= 4 is 28.6 Å². The zero-order chi connectivity index (χ0) is 28.4. The lowest BCUT2D eigenvalue weighted by Crippen LogP contribution is -2.55. The minimum Gasteiger partial charge on any atom is -0.381 e. The zero-order valence-electron chi connectivity index (χ0n) is 22.6. The first-order valence-corrected chi connectivity index (χ1v) is 14.0. The molecular formula is C32H33N5O4. The number of hydrogen-bond acceptors (Lipinski definition) is 5. The van der Waals surface area contributed by atoms with Crippen molar-refractivity contribution in [2.45, 2.75) is 50.4 Å². The van der Waals surface area contributed by atoms with E-state index in [2.05, 4.69) is 20.6 Å². The van der Waals surface area contributed by atoms with Crippen LogP contribution in [-0.2, 0) is 22.6 Å². The Morgan fingerprint density at radius 1 is 1.02 bits per heavy atom. The summed E-state index contributed by atoms with van der Waals surface area (Å²) in [5.41, 5.74) is 2.91. The number of nitrogens with one attached hydrogen (secondary N) is 3. The maximum atomic E-state index is 13.8. The fourth-order valence-electron chi connectivity index (χ4n) is 5.75. The lowest BCUT2D eigenvalue weighted by Gasteiger charge is -2.28. The number of aromatic nitrogens is 2. The third-order valence-corrected chi connectivity index (χ3v) is 8.25. The lowest BCUT2D eigenvalue weighted by molar-refractivity contribution is -0.133. The maximum Gasteiger partial charge on any atom is 0.271 e. The van der Waals surface area contributed by atoms with E-state index < -0.39 is 24.1 Å². The number of para-hydroxylation sites is 1. The van der Waals surface area contributed by atoms with E-state index in [1.807, 2.05) is 66.7 Å². The minimum absolute atomic E-state index is 0.0474. The van der Waals surface area contributed by atoms with Gasteiger partial charge in [0.15, 0.2) is 6.10 Å². The topological polar surface area (TPSA) is 127 Å². The van der Waals surface area contributed by atoms with Crippen LogP contribution in [0.4, 0.5) is 0 Å². The molecule has 4 aromatic rings. The second kappa shape index (κ2) is 11.2. The third-order valence-electron chi connectivity index (χ3n) is 8.25. The number of likely N-dealkylation sites (tertiary alicyclic amines) is 1. The number of pyridine rings is 1. The van der Waals surface area contributed by atoms with E-state index in [1.54, 1.807) is 23.4 Å². The van der Waals surface area contributed by atoms with Gasteiger partial charge in [-0.3, -0.25) is 19.4 Å². The number of fused-ring (bicyclic) bond motifs is 1. The Balaban J connectivity index is 1.20. The van der Waals surface area contributed by atoms with Gasteiger partial charge in [-0.1, -0.05) is 54.6 Å². The van der Waals surface area contributed by atoms with Gasteiger partial charge >= 0.3 is 0 Å². The highest BCUT2D eigenvalue weighted by molar-refractivity contribution is 6.00. The number of aromatic amines is 1. The summed E-state index contributed by atoms with van der Waals surface area (Å²) in [5.74, 6) is -1.18. The van der Waals surface area contributed by atoms with E-state index in [4.69, 9.17) is 0 Å². The maximum absolute atomic E-state index is 13.8. The summed E-state index contributed by atoms with van der Waals surface area (Å²) in [6.07, 6.45) is 4.48. The molecule has 9 heteroatoms. The highest BCUT2D eigenvalue weighted by Gasteiger charge is 2.55. The Kier molecular flexibility index (Phi) is 7.28. The molecule has 9 nitrogen and oxygen atoms in total. The van der Waals surface area contributed by atoms with Crippen LogP contribution in [-0.4, -0.2) is 62.4 Å². The predicted octanol–water partition coefficient (Wildman–Crippen LogP) is 2.96. The number of hydrogen-bond donors (Lipinski definition) is 4. The van der Waals surface area contributed by atoms with Gasteiger partial charge in [-0.05, 0) is 60.4 Å². The monoisotopic (exact) mass is 551 g/mol. The molecule has 41 heavy (non-hydrogen) atoms. The van der Waals surface area contributed by atoms with Gasteiger partial charge in [0.1, 0.15) is 11.7 Å². The molecule has 6 rings (SSSR count). The first-order chi connectivity index (χ1) is 19.9. The second-order valence-electron chi connectivity index (χ2n) is 11.3. The van der Waals surface area contributed by atoms with Crippen LogP contribution in [0.1, 0.15) is 40.9 Å². The quantitative estimate of drug-likeness (QED) is 0.254. The summed E-state index contributed by atoms with van der Waals surface area (Å²) in [7, 11) is 0. The van der Waals surface area contributed by atoms with Gasteiger partial charge in [-0.15, -0.1) is 0 Å². The molecule has 0 radical (unpaired) electrons. The fraction of sp³-hybridized carbons (Fsp3) is 0.312. The van der Waals surface area contributed by atoms with E-state index in [9.17, 15) is 19.5 Å². The molecule has 1 saturated carbocycles. The first kappa shape index (κ1) is 26.7. The van der Waals surface area contributed by atoms with Crippen molar-refractivity contribution in [3.05, 3.63) is 102 Å². The molecule has 2 fully saturated rings. The molecule has 210 valence electrons. The summed E-state index contributed by atoms with van der Waals surface area (Å²) in [4.78, 5) is 49.5. The van der Waals surface area contributed by atoms with Crippen LogP contribution >= 0.6 is 0 Å². The van der Waals surface area contributed by atoms with Crippen LogP contribution in [0.25, 0.3) is 10.9 Å². The molecule has 1 unspecified atom stereocenters. The largest absolute Gasteiger partial charge is 0.381 e. The fourth-order valence-corrected chi connectivity index (χ4v) is 5.75. The van der Waals surface area contributed by atoms with E-state index >= 15 is 0 Å². The Morgan fingerprint density at radius 3 is 2.51 bits per heavy atom. The van der Waals surface area contributed by atoms with Crippen molar-refractivity contribution in [1.29, 1.82) is 0 Å². The average Bonchev–Trinajstić information content (AvgIpc) is 3.44. The highest BCUT2D eigenvalue weighted by Crippen LogP contribution is 2.55. The number of carbonyl (C=O) groups is 3. The van der Waals surface area contributed by atoms with Gasteiger partial charge in [0.05, 0.1) is 6.04 Å². The Hall–Kier alpha value is -4.50. The van der Waals surface area contributed by atoms with E-state index in [-0.39, 0.29) is 30.2 Å². The number of amides is 3. The van der Waals surface area contributed by atoms with Crippen LogP contribution < -0.4 is 10.6 Å². The van der Waals surface area contributed by atoms with Gasteiger partial charge in [-0.25, -0.2) is 0 Å². The summed E-state index contributed by atoms with van der Waals surface area (Å²) in [5, 5.41) is 17.8. The van der Waals surface area contributed by atoms with Crippen LogP contribution in [0.2, 0.25) is 0 Å². The molecular weight excluding hydrogens is 518 g/mol. The van der Waals surface area contributed by atoms with Crippen molar-refractivity contribution in [1.82, 2.24) is 25.5 Å². The van der Waals surface area contributed by atoms with Gasteiger partial charge in [0.25, 0.3) is 11.8 Å². The van der Waals surface area contributed by atoms with Crippen molar-refractivity contribution in [3.8, 4) is 0 Å². The molecule has 2 aliphatic rings. The summed E-state index contributed by atoms with van der Waals surface area (Å²) >= 11 is 0. The van der Waals surface area contributed by atoms with E-state index in [1.165, 1.54) is 0 Å². The standard InChI is InChI=1S/C32H33N5O4/c38-28(30(40)34-19-21-7-2-1-3-8-21)25(15-22-9-6-14-33-18-22)36-29(39)27-17-32(12-13-32)20-37(27)31(41)26-16-23-10-4-5-11-24(23)35-26/h1-11,14,16,18,25,27-28,35,38H,12-13,15,17,19-20H2,(H,34,40)(H,36,39)/t25-,27-,28?/m0/s1.